The average molecular weight is 398 g/mol. The van der Waals surface area contributed by atoms with Crippen LogP contribution in [0.5, 0.6) is 0 Å². The normalized spacial score (nSPS) is 18.8. The molecule has 0 atom stereocenters. The molecule has 2 aliphatic heterocycles. The number of hydrogen-bond acceptors (Lipinski definition) is 4. The molecule has 2 fully saturated rings. The summed E-state index contributed by atoms with van der Waals surface area (Å²) in [6.07, 6.45) is 3.29. The smallest absolute Gasteiger partial charge is 0.274 e. The van der Waals surface area contributed by atoms with E-state index in [-0.39, 0.29) is 5.91 Å². The van der Waals surface area contributed by atoms with Crippen molar-refractivity contribution < 1.29 is 14.3 Å². The molecule has 1 amide bonds. The van der Waals surface area contributed by atoms with Crippen LogP contribution in [0.1, 0.15) is 23.3 Å². The fourth-order valence-electron chi connectivity index (χ4n) is 4.01. The number of carbonyl (C=O) groups excluding carboxylic acids is 1. The Morgan fingerprint density at radius 1 is 1.04 bits per heavy atom. The van der Waals surface area contributed by atoms with E-state index in [1.54, 1.807) is 0 Å². The predicted molar refractivity (Wildman–Crippen MR) is 105 cm³/mol. The minimum Gasteiger partial charge on any atom is -0.347 e. The number of aromatic nitrogens is 2. The third-order valence-electron chi connectivity index (χ3n) is 5.48. The van der Waals surface area contributed by atoms with Crippen LogP contribution in [0.2, 0.25) is 5.02 Å². The largest absolute Gasteiger partial charge is 0.347 e. The van der Waals surface area contributed by atoms with Gasteiger partial charge in [0.05, 0.1) is 18.9 Å². The molecule has 5 rings (SSSR count). The van der Waals surface area contributed by atoms with E-state index in [2.05, 4.69) is 4.98 Å². The summed E-state index contributed by atoms with van der Waals surface area (Å²) < 4.78 is 13.5. The summed E-state index contributed by atoms with van der Waals surface area (Å²) in [5, 5.41) is 0.656. The summed E-state index contributed by atoms with van der Waals surface area (Å²) in [5.41, 5.74) is 2.89. The highest BCUT2D eigenvalue weighted by molar-refractivity contribution is 6.30. The van der Waals surface area contributed by atoms with Gasteiger partial charge in [-0.15, -0.1) is 0 Å². The lowest BCUT2D eigenvalue weighted by molar-refractivity contribution is -0.181. The number of hydrogen-bond donors (Lipinski definition) is 0. The number of pyridine rings is 1. The molecule has 2 aromatic heterocycles. The van der Waals surface area contributed by atoms with Crippen LogP contribution in [0.3, 0.4) is 0 Å². The van der Waals surface area contributed by atoms with Gasteiger partial charge in [0.25, 0.3) is 5.91 Å². The third-order valence-corrected chi connectivity index (χ3v) is 5.73. The lowest BCUT2D eigenvalue weighted by Gasteiger charge is -2.37. The van der Waals surface area contributed by atoms with Gasteiger partial charge in [0, 0.05) is 42.7 Å². The summed E-state index contributed by atoms with van der Waals surface area (Å²) in [6, 6.07) is 13.2. The summed E-state index contributed by atoms with van der Waals surface area (Å²) in [6.45, 7) is 2.43. The van der Waals surface area contributed by atoms with Crippen LogP contribution in [0, 0.1) is 0 Å². The van der Waals surface area contributed by atoms with E-state index in [4.69, 9.17) is 21.1 Å². The zero-order chi connectivity index (χ0) is 19.1. The van der Waals surface area contributed by atoms with Crippen LogP contribution in [0.4, 0.5) is 0 Å². The molecule has 0 saturated carbocycles. The van der Waals surface area contributed by atoms with Crippen molar-refractivity contribution in [3.05, 3.63) is 59.4 Å². The Balaban J connectivity index is 1.51. The zero-order valence-corrected chi connectivity index (χ0v) is 16.1. The second-order valence-electron chi connectivity index (χ2n) is 7.14. The minimum atomic E-state index is -0.505. The molecule has 3 aromatic rings. The Bertz CT molecular complexity index is 1020. The molecule has 2 saturated heterocycles. The highest BCUT2D eigenvalue weighted by atomic mass is 35.5. The average Bonchev–Trinajstić information content (AvgIpc) is 3.34. The molecule has 7 heteroatoms. The zero-order valence-electron chi connectivity index (χ0n) is 15.3. The number of rotatable bonds is 2. The number of imidazole rings is 1. The van der Waals surface area contributed by atoms with Gasteiger partial charge in [0.2, 0.25) is 0 Å². The first-order valence-corrected chi connectivity index (χ1v) is 9.83. The van der Waals surface area contributed by atoms with E-state index in [1.807, 2.05) is 58.0 Å². The van der Waals surface area contributed by atoms with Crippen molar-refractivity contribution in [1.82, 2.24) is 14.3 Å². The standard InChI is InChI=1S/C21H20ClN3O3/c22-16-6-4-15(5-7-16)19-18(23-17-3-1-2-10-25(17)19)20(26)24-11-8-21(9-12-24)27-13-14-28-21/h1-7,10H,8-9,11-14H2. The molecule has 1 spiro atoms. The first-order valence-electron chi connectivity index (χ1n) is 9.45. The molecule has 28 heavy (non-hydrogen) atoms. The predicted octanol–water partition coefficient (Wildman–Crippen LogP) is 3.63. The summed E-state index contributed by atoms with van der Waals surface area (Å²) in [7, 11) is 0. The Morgan fingerprint density at radius 3 is 2.46 bits per heavy atom. The van der Waals surface area contributed by atoms with Crippen molar-refractivity contribution >= 4 is 23.2 Å². The van der Waals surface area contributed by atoms with Crippen LogP contribution in [0.25, 0.3) is 16.9 Å². The topological polar surface area (TPSA) is 56.1 Å². The van der Waals surface area contributed by atoms with Crippen LogP contribution in [-0.4, -0.2) is 52.3 Å². The Labute approximate surface area is 167 Å². The molecular formula is C21H20ClN3O3. The van der Waals surface area contributed by atoms with E-state index < -0.39 is 5.79 Å². The Hall–Kier alpha value is -2.41. The maximum Gasteiger partial charge on any atom is 0.274 e. The van der Waals surface area contributed by atoms with Crippen molar-refractivity contribution in [2.75, 3.05) is 26.3 Å². The molecule has 144 valence electrons. The maximum atomic E-state index is 13.4. The van der Waals surface area contributed by atoms with Gasteiger partial charge in [-0.2, -0.15) is 0 Å². The van der Waals surface area contributed by atoms with Gasteiger partial charge in [-0.3, -0.25) is 9.20 Å². The van der Waals surface area contributed by atoms with Gasteiger partial charge in [-0.05, 0) is 24.3 Å². The van der Waals surface area contributed by atoms with E-state index in [9.17, 15) is 4.79 Å². The summed E-state index contributed by atoms with van der Waals surface area (Å²) in [5.74, 6) is -0.573. The lowest BCUT2D eigenvalue weighted by atomic mass is 10.0. The van der Waals surface area contributed by atoms with Crippen LogP contribution in [0.15, 0.2) is 48.7 Å². The number of halogens is 1. The van der Waals surface area contributed by atoms with Crippen molar-refractivity contribution in [1.29, 1.82) is 0 Å². The Kier molecular flexibility index (Phi) is 4.34. The summed E-state index contributed by atoms with van der Waals surface area (Å²) in [4.78, 5) is 19.9. The number of carbonyl (C=O) groups is 1. The van der Waals surface area contributed by atoms with Crippen LogP contribution in [-0.2, 0) is 9.47 Å². The molecule has 2 aliphatic rings. The molecule has 0 bridgehead atoms. The molecule has 0 unspecified atom stereocenters. The van der Waals surface area contributed by atoms with Crippen LogP contribution >= 0.6 is 11.6 Å². The lowest BCUT2D eigenvalue weighted by Crippen LogP contribution is -2.47. The molecular weight excluding hydrogens is 378 g/mol. The number of piperidine rings is 1. The van der Waals surface area contributed by atoms with Gasteiger partial charge < -0.3 is 14.4 Å². The molecule has 4 heterocycles. The van der Waals surface area contributed by atoms with E-state index in [1.165, 1.54) is 0 Å². The van der Waals surface area contributed by atoms with Crippen molar-refractivity contribution in [3.63, 3.8) is 0 Å². The van der Waals surface area contributed by atoms with Gasteiger partial charge in [-0.25, -0.2) is 4.98 Å². The molecule has 6 nitrogen and oxygen atoms in total. The maximum absolute atomic E-state index is 13.4. The van der Waals surface area contributed by atoms with Crippen molar-refractivity contribution in [2.45, 2.75) is 18.6 Å². The van der Waals surface area contributed by atoms with E-state index in [0.29, 0.717) is 49.9 Å². The van der Waals surface area contributed by atoms with Crippen LogP contribution < -0.4 is 0 Å². The fourth-order valence-corrected chi connectivity index (χ4v) is 4.14. The second-order valence-corrected chi connectivity index (χ2v) is 7.58. The number of nitrogens with zero attached hydrogens (tertiary/aromatic N) is 3. The van der Waals surface area contributed by atoms with Crippen molar-refractivity contribution in [3.8, 4) is 11.3 Å². The monoisotopic (exact) mass is 397 g/mol. The van der Waals surface area contributed by atoms with Crippen molar-refractivity contribution in [2.24, 2.45) is 0 Å². The first-order chi connectivity index (χ1) is 13.7. The minimum absolute atomic E-state index is 0.0681. The second kappa shape index (κ2) is 6.88. The quantitative estimate of drug-likeness (QED) is 0.662. The molecule has 1 aromatic carbocycles. The van der Waals surface area contributed by atoms with Gasteiger partial charge in [0.15, 0.2) is 11.5 Å². The number of likely N-dealkylation sites (tertiary alicyclic amines) is 1. The van der Waals surface area contributed by atoms with E-state index in [0.717, 1.165) is 16.9 Å². The number of amides is 1. The van der Waals surface area contributed by atoms with E-state index >= 15 is 0 Å². The first kappa shape index (κ1) is 17.7. The summed E-state index contributed by atoms with van der Waals surface area (Å²) >= 11 is 6.05. The number of fused-ring (bicyclic) bond motifs is 1. The molecule has 0 radical (unpaired) electrons. The van der Waals surface area contributed by atoms with Gasteiger partial charge >= 0.3 is 0 Å². The molecule has 0 N–H and O–H groups in total. The number of benzene rings is 1. The Morgan fingerprint density at radius 2 is 1.75 bits per heavy atom. The fraction of sp³-hybridized carbons (Fsp3) is 0.333. The molecule has 0 aliphatic carbocycles. The number of ether oxygens (including phenoxy) is 2. The van der Waals surface area contributed by atoms with Gasteiger partial charge in [-0.1, -0.05) is 29.8 Å². The van der Waals surface area contributed by atoms with Gasteiger partial charge in [0.1, 0.15) is 5.65 Å². The third kappa shape index (κ3) is 2.98. The highest BCUT2D eigenvalue weighted by Gasteiger charge is 2.41. The SMILES string of the molecule is O=C(c1nc2ccccn2c1-c1ccc(Cl)cc1)N1CCC2(CC1)OCCO2. The highest BCUT2D eigenvalue weighted by Crippen LogP contribution is 2.33.